The monoisotopic (exact) mass is 425 g/mol. The van der Waals surface area contributed by atoms with Gasteiger partial charge in [-0.05, 0) is 57.7 Å². The van der Waals surface area contributed by atoms with Crippen LogP contribution in [0.5, 0.6) is 0 Å². The number of nitrogens with one attached hydrogen (secondary N) is 2. The van der Waals surface area contributed by atoms with Gasteiger partial charge in [-0.25, -0.2) is 17.9 Å². The third-order valence-corrected chi connectivity index (χ3v) is 6.13. The third-order valence-electron chi connectivity index (χ3n) is 4.59. The molecule has 9 heteroatoms. The Bertz CT molecular complexity index is 808. The molecule has 8 nitrogen and oxygen atoms in total. The van der Waals surface area contributed by atoms with E-state index in [1.165, 1.54) is 0 Å². The average molecular weight is 426 g/mol. The zero-order valence-electron chi connectivity index (χ0n) is 17.5. The molecule has 1 aromatic rings. The normalized spacial score (nSPS) is 15.8. The molecule has 2 rings (SSSR count). The Labute approximate surface area is 173 Å². The number of carbonyl (C=O) groups excluding carboxylic acids is 2. The van der Waals surface area contributed by atoms with Crippen LogP contribution in [0.25, 0.3) is 0 Å². The van der Waals surface area contributed by atoms with Gasteiger partial charge in [-0.15, -0.1) is 0 Å². The van der Waals surface area contributed by atoms with E-state index in [9.17, 15) is 18.0 Å². The number of alkyl carbamates (subject to hydrolysis) is 1. The maximum Gasteiger partial charge on any atom is 0.408 e. The number of sulfonamides is 1. The van der Waals surface area contributed by atoms with Gasteiger partial charge in [0, 0.05) is 19.1 Å². The number of piperidine rings is 1. The van der Waals surface area contributed by atoms with Crippen LogP contribution in [0.3, 0.4) is 0 Å². The zero-order valence-corrected chi connectivity index (χ0v) is 18.3. The van der Waals surface area contributed by atoms with E-state index < -0.39 is 21.7 Å². The first kappa shape index (κ1) is 23.2. The number of aryl methyl sites for hydroxylation is 1. The van der Waals surface area contributed by atoms with Crippen molar-refractivity contribution in [2.24, 2.45) is 0 Å². The van der Waals surface area contributed by atoms with Gasteiger partial charge in [0.25, 0.3) is 0 Å². The number of hydrogen-bond acceptors (Lipinski definition) is 5. The van der Waals surface area contributed by atoms with Crippen molar-refractivity contribution in [2.45, 2.75) is 63.5 Å². The fraction of sp³-hybridized carbons (Fsp3) is 0.600. The van der Waals surface area contributed by atoms with Gasteiger partial charge in [-0.2, -0.15) is 0 Å². The van der Waals surface area contributed by atoms with E-state index in [2.05, 4.69) is 10.0 Å². The predicted octanol–water partition coefficient (Wildman–Crippen LogP) is 2.04. The smallest absolute Gasteiger partial charge is 0.408 e. The molecule has 29 heavy (non-hydrogen) atoms. The lowest BCUT2D eigenvalue weighted by Gasteiger charge is -2.32. The topological polar surface area (TPSA) is 105 Å². The van der Waals surface area contributed by atoms with Crippen molar-refractivity contribution in [1.82, 2.24) is 14.9 Å². The second-order valence-electron chi connectivity index (χ2n) is 8.13. The fourth-order valence-electron chi connectivity index (χ4n) is 3.01. The third kappa shape index (κ3) is 7.32. The molecule has 0 unspecified atom stereocenters. The van der Waals surface area contributed by atoms with Gasteiger partial charge in [0.1, 0.15) is 12.1 Å². The summed E-state index contributed by atoms with van der Waals surface area (Å²) in [6.07, 6.45) is 1.25. The second kappa shape index (κ2) is 9.58. The minimum atomic E-state index is -3.59. The van der Waals surface area contributed by atoms with Gasteiger partial charge in [-0.1, -0.05) is 19.1 Å². The first-order valence-corrected chi connectivity index (χ1v) is 11.3. The number of carbonyl (C=O) groups is 2. The van der Waals surface area contributed by atoms with E-state index in [1.807, 2.05) is 19.1 Å². The lowest BCUT2D eigenvalue weighted by atomic mass is 10.1. The molecule has 1 fully saturated rings. The summed E-state index contributed by atoms with van der Waals surface area (Å²) in [6, 6.07) is 6.62. The predicted molar refractivity (Wildman–Crippen MR) is 110 cm³/mol. The van der Waals surface area contributed by atoms with Crippen molar-refractivity contribution in [2.75, 3.05) is 19.6 Å². The number of ether oxygens (including phenoxy) is 1. The summed E-state index contributed by atoms with van der Waals surface area (Å²) in [5.74, 6) is -0.215. The van der Waals surface area contributed by atoms with Crippen molar-refractivity contribution in [3.8, 4) is 0 Å². The van der Waals surface area contributed by atoms with E-state index in [-0.39, 0.29) is 23.4 Å². The van der Waals surface area contributed by atoms with Crippen LogP contribution in [-0.2, 0) is 26.0 Å². The van der Waals surface area contributed by atoms with Gasteiger partial charge in [0.05, 0.1) is 4.90 Å². The van der Waals surface area contributed by atoms with Crippen molar-refractivity contribution in [3.63, 3.8) is 0 Å². The molecule has 0 bridgehead atoms. The van der Waals surface area contributed by atoms with Crippen LogP contribution < -0.4 is 10.0 Å². The zero-order chi connectivity index (χ0) is 21.7. The lowest BCUT2D eigenvalue weighted by molar-refractivity contribution is -0.131. The minimum absolute atomic E-state index is 0.144. The molecule has 0 radical (unpaired) electrons. The fourth-order valence-corrected chi connectivity index (χ4v) is 4.32. The Morgan fingerprint density at radius 1 is 1.14 bits per heavy atom. The van der Waals surface area contributed by atoms with E-state index in [0.717, 1.165) is 12.0 Å². The van der Waals surface area contributed by atoms with Crippen LogP contribution in [0.2, 0.25) is 0 Å². The molecule has 0 aliphatic carbocycles. The molecule has 0 atom stereocenters. The van der Waals surface area contributed by atoms with Crippen molar-refractivity contribution >= 4 is 22.0 Å². The Hall–Kier alpha value is -2.13. The van der Waals surface area contributed by atoms with Gasteiger partial charge >= 0.3 is 6.09 Å². The lowest BCUT2D eigenvalue weighted by Crippen LogP contribution is -2.49. The number of nitrogens with zero attached hydrogens (tertiary/aromatic N) is 1. The SMILES string of the molecule is CCc1ccc(S(=O)(=O)NC2CCN(C(=O)CNC(=O)OC(C)(C)C)CC2)cc1. The molecular formula is C20H31N3O5S. The Morgan fingerprint density at radius 3 is 2.24 bits per heavy atom. The van der Waals surface area contributed by atoms with Crippen LogP contribution in [0.1, 0.15) is 46.1 Å². The number of hydrogen-bond donors (Lipinski definition) is 2. The molecule has 1 aliphatic rings. The highest BCUT2D eigenvalue weighted by Crippen LogP contribution is 2.16. The molecule has 1 aliphatic heterocycles. The minimum Gasteiger partial charge on any atom is -0.444 e. The van der Waals surface area contributed by atoms with Gasteiger partial charge < -0.3 is 15.0 Å². The average Bonchev–Trinajstić information content (AvgIpc) is 2.65. The molecule has 2 N–H and O–H groups in total. The molecular weight excluding hydrogens is 394 g/mol. The largest absolute Gasteiger partial charge is 0.444 e. The van der Waals surface area contributed by atoms with Crippen LogP contribution in [0.15, 0.2) is 29.2 Å². The molecule has 0 spiro atoms. The molecule has 1 aromatic carbocycles. The summed E-state index contributed by atoms with van der Waals surface area (Å²) in [4.78, 5) is 25.8. The summed E-state index contributed by atoms with van der Waals surface area (Å²) in [5.41, 5.74) is 0.454. The van der Waals surface area contributed by atoms with E-state index in [4.69, 9.17) is 4.74 Å². The van der Waals surface area contributed by atoms with E-state index in [0.29, 0.717) is 25.9 Å². The van der Waals surface area contributed by atoms with Crippen LogP contribution in [0.4, 0.5) is 4.79 Å². The highest BCUT2D eigenvalue weighted by molar-refractivity contribution is 7.89. The summed E-state index contributed by atoms with van der Waals surface area (Å²) in [6.45, 7) is 7.97. The van der Waals surface area contributed by atoms with Crippen molar-refractivity contribution in [1.29, 1.82) is 0 Å². The molecule has 1 saturated heterocycles. The summed E-state index contributed by atoms with van der Waals surface area (Å²) in [7, 11) is -3.59. The number of rotatable bonds is 6. The maximum atomic E-state index is 12.6. The molecule has 1 heterocycles. The second-order valence-corrected chi connectivity index (χ2v) is 9.84. The van der Waals surface area contributed by atoms with Crippen LogP contribution >= 0.6 is 0 Å². The summed E-state index contributed by atoms with van der Waals surface area (Å²) < 4.78 is 32.9. The Kier molecular flexibility index (Phi) is 7.65. The maximum absolute atomic E-state index is 12.6. The Morgan fingerprint density at radius 2 is 1.72 bits per heavy atom. The number of likely N-dealkylation sites (tertiary alicyclic amines) is 1. The summed E-state index contributed by atoms with van der Waals surface area (Å²) in [5, 5.41) is 2.45. The van der Waals surface area contributed by atoms with Gasteiger partial charge in [0.15, 0.2) is 0 Å². The quantitative estimate of drug-likeness (QED) is 0.726. The van der Waals surface area contributed by atoms with Gasteiger partial charge in [0.2, 0.25) is 15.9 Å². The van der Waals surface area contributed by atoms with Gasteiger partial charge in [-0.3, -0.25) is 4.79 Å². The molecule has 0 saturated carbocycles. The van der Waals surface area contributed by atoms with E-state index >= 15 is 0 Å². The number of amides is 2. The van der Waals surface area contributed by atoms with Crippen molar-refractivity contribution in [3.05, 3.63) is 29.8 Å². The molecule has 0 aromatic heterocycles. The Balaban J connectivity index is 1.80. The van der Waals surface area contributed by atoms with Crippen LogP contribution in [-0.4, -0.2) is 56.6 Å². The van der Waals surface area contributed by atoms with Crippen LogP contribution in [0, 0.1) is 0 Å². The number of benzene rings is 1. The standard InChI is InChI=1S/C20H31N3O5S/c1-5-15-6-8-17(9-7-15)29(26,27)22-16-10-12-23(13-11-16)18(24)14-21-19(25)28-20(2,3)4/h6-9,16,22H,5,10-14H2,1-4H3,(H,21,25). The van der Waals surface area contributed by atoms with Crippen molar-refractivity contribution < 1.29 is 22.7 Å². The molecule has 162 valence electrons. The first-order chi connectivity index (χ1) is 13.5. The summed E-state index contributed by atoms with van der Waals surface area (Å²) >= 11 is 0. The highest BCUT2D eigenvalue weighted by Gasteiger charge is 2.27. The highest BCUT2D eigenvalue weighted by atomic mass is 32.2. The first-order valence-electron chi connectivity index (χ1n) is 9.86. The van der Waals surface area contributed by atoms with E-state index in [1.54, 1.807) is 37.8 Å². The molecule has 2 amide bonds.